The average Bonchev–Trinajstić information content (AvgIpc) is 2.53. The molecule has 2 aromatic rings. The number of nitrogens with zero attached hydrogens (tertiary/aromatic N) is 2. The number of benzene rings is 1. The van der Waals surface area contributed by atoms with Gasteiger partial charge in [0, 0.05) is 29.4 Å². The van der Waals surface area contributed by atoms with Crippen LogP contribution in [0.5, 0.6) is 0 Å². The lowest BCUT2D eigenvalue weighted by Gasteiger charge is -2.38. The number of fused-ring (bicyclic) bond motifs is 1. The smallest absolute Gasteiger partial charge is 0.335 e. The van der Waals surface area contributed by atoms with Gasteiger partial charge < -0.3 is 10.0 Å². The molecule has 0 unspecified atom stereocenters. The van der Waals surface area contributed by atoms with E-state index in [2.05, 4.69) is 22.9 Å². The second-order valence-electron chi connectivity index (χ2n) is 6.07. The van der Waals surface area contributed by atoms with E-state index in [-0.39, 0.29) is 0 Å². The molecule has 3 rings (SSSR count). The maximum Gasteiger partial charge on any atom is 0.335 e. The highest BCUT2D eigenvalue weighted by atomic mass is 16.4. The molecule has 0 radical (unpaired) electrons. The van der Waals surface area contributed by atoms with E-state index in [0.717, 1.165) is 35.2 Å². The summed E-state index contributed by atoms with van der Waals surface area (Å²) in [6, 6.07) is 7.85. The fourth-order valence-electron chi connectivity index (χ4n) is 3.45. The quantitative estimate of drug-likeness (QED) is 0.930. The van der Waals surface area contributed by atoms with Gasteiger partial charge in [-0.15, -0.1) is 0 Å². The van der Waals surface area contributed by atoms with E-state index >= 15 is 0 Å². The molecule has 116 valence electrons. The van der Waals surface area contributed by atoms with Crippen molar-refractivity contribution in [3.05, 3.63) is 35.5 Å². The molecule has 1 N–H and O–H groups in total. The van der Waals surface area contributed by atoms with Crippen molar-refractivity contribution in [3.63, 3.8) is 0 Å². The molecular formula is C18H22N2O2. The Morgan fingerprint density at radius 1 is 1.36 bits per heavy atom. The van der Waals surface area contributed by atoms with Crippen LogP contribution in [0.1, 0.15) is 48.7 Å². The molecule has 1 aliphatic heterocycles. The summed E-state index contributed by atoms with van der Waals surface area (Å²) in [5, 5.41) is 10.2. The number of pyridine rings is 1. The van der Waals surface area contributed by atoms with Crippen LogP contribution in [0, 0.1) is 6.92 Å². The van der Waals surface area contributed by atoms with Crippen LogP contribution in [0.2, 0.25) is 0 Å². The summed E-state index contributed by atoms with van der Waals surface area (Å²) in [6.45, 7) is 5.26. The van der Waals surface area contributed by atoms with E-state index in [4.69, 9.17) is 0 Å². The van der Waals surface area contributed by atoms with Gasteiger partial charge in [-0.3, -0.25) is 4.98 Å². The van der Waals surface area contributed by atoms with Gasteiger partial charge in [0.05, 0.1) is 11.1 Å². The molecule has 1 aromatic carbocycles. The minimum absolute atomic E-state index is 0.324. The van der Waals surface area contributed by atoms with Crippen molar-refractivity contribution >= 4 is 22.6 Å². The van der Waals surface area contributed by atoms with E-state index in [1.807, 2.05) is 13.0 Å². The maximum absolute atomic E-state index is 11.3. The third-order valence-electron chi connectivity index (χ3n) is 4.57. The SMILES string of the molecule is CC[C@H]1CCCCN1c1cc(C)nc2ccc(C(=O)O)cc12. The van der Waals surface area contributed by atoms with Crippen LogP contribution in [0.3, 0.4) is 0 Å². The van der Waals surface area contributed by atoms with Gasteiger partial charge in [0.1, 0.15) is 0 Å². The lowest BCUT2D eigenvalue weighted by molar-refractivity contribution is 0.0697. The monoisotopic (exact) mass is 298 g/mol. The highest BCUT2D eigenvalue weighted by Crippen LogP contribution is 2.33. The maximum atomic E-state index is 11.3. The van der Waals surface area contributed by atoms with E-state index in [1.165, 1.54) is 19.3 Å². The number of carbonyl (C=O) groups is 1. The third-order valence-corrected chi connectivity index (χ3v) is 4.57. The van der Waals surface area contributed by atoms with Crippen LogP contribution in [-0.2, 0) is 0 Å². The van der Waals surface area contributed by atoms with Gasteiger partial charge in [-0.2, -0.15) is 0 Å². The van der Waals surface area contributed by atoms with Crippen LogP contribution in [0.4, 0.5) is 5.69 Å². The van der Waals surface area contributed by atoms with Crippen molar-refractivity contribution in [3.8, 4) is 0 Å². The summed E-state index contributed by atoms with van der Waals surface area (Å²) < 4.78 is 0. The second-order valence-corrected chi connectivity index (χ2v) is 6.07. The molecule has 1 fully saturated rings. The predicted octanol–water partition coefficient (Wildman–Crippen LogP) is 4.01. The number of aryl methyl sites for hydroxylation is 1. The van der Waals surface area contributed by atoms with Crippen molar-refractivity contribution < 1.29 is 9.90 Å². The summed E-state index contributed by atoms with van der Waals surface area (Å²) in [5.74, 6) is -0.890. The van der Waals surface area contributed by atoms with Crippen LogP contribution in [-0.4, -0.2) is 28.6 Å². The first-order valence-electron chi connectivity index (χ1n) is 8.01. The zero-order chi connectivity index (χ0) is 15.7. The highest BCUT2D eigenvalue weighted by molar-refractivity contribution is 5.98. The number of hydrogen-bond donors (Lipinski definition) is 1. The number of aromatic carboxylic acids is 1. The second kappa shape index (κ2) is 5.95. The molecule has 0 aliphatic carbocycles. The minimum atomic E-state index is -0.890. The molecule has 1 atom stereocenters. The van der Waals surface area contributed by atoms with E-state index < -0.39 is 5.97 Å². The number of anilines is 1. The van der Waals surface area contributed by atoms with Crippen molar-refractivity contribution in [1.82, 2.24) is 4.98 Å². The summed E-state index contributed by atoms with van der Waals surface area (Å²) in [5.41, 5.74) is 3.31. The molecule has 4 heteroatoms. The van der Waals surface area contributed by atoms with Crippen molar-refractivity contribution in [2.75, 3.05) is 11.4 Å². The largest absolute Gasteiger partial charge is 0.478 e. The minimum Gasteiger partial charge on any atom is -0.478 e. The number of piperidine rings is 1. The summed E-state index contributed by atoms with van der Waals surface area (Å²) in [4.78, 5) is 18.3. The number of rotatable bonds is 3. The average molecular weight is 298 g/mol. The Labute approximate surface area is 130 Å². The van der Waals surface area contributed by atoms with Crippen molar-refractivity contribution in [2.24, 2.45) is 0 Å². The molecule has 2 heterocycles. The molecule has 4 nitrogen and oxygen atoms in total. The molecule has 0 spiro atoms. The predicted molar refractivity (Wildman–Crippen MR) is 88.7 cm³/mol. The topological polar surface area (TPSA) is 53.4 Å². The fourth-order valence-corrected chi connectivity index (χ4v) is 3.45. The van der Waals surface area contributed by atoms with Gasteiger partial charge >= 0.3 is 5.97 Å². The first-order chi connectivity index (χ1) is 10.6. The van der Waals surface area contributed by atoms with Gasteiger partial charge in [-0.05, 0) is 56.9 Å². The van der Waals surface area contributed by atoms with Crippen molar-refractivity contribution in [1.29, 1.82) is 0 Å². The molecule has 0 bridgehead atoms. The number of carboxylic acids is 1. The Bertz CT molecular complexity index is 712. The highest BCUT2D eigenvalue weighted by Gasteiger charge is 2.23. The van der Waals surface area contributed by atoms with Crippen LogP contribution < -0.4 is 4.90 Å². The molecule has 1 aliphatic rings. The molecule has 0 saturated carbocycles. The van der Waals surface area contributed by atoms with E-state index in [9.17, 15) is 9.90 Å². The van der Waals surface area contributed by atoms with Gasteiger partial charge in [0.2, 0.25) is 0 Å². The Morgan fingerprint density at radius 2 is 2.18 bits per heavy atom. The van der Waals surface area contributed by atoms with Crippen LogP contribution in [0.15, 0.2) is 24.3 Å². The fraction of sp³-hybridized carbons (Fsp3) is 0.444. The van der Waals surface area contributed by atoms with E-state index in [1.54, 1.807) is 12.1 Å². The lowest BCUT2D eigenvalue weighted by atomic mass is 9.97. The van der Waals surface area contributed by atoms with Gasteiger partial charge in [0.25, 0.3) is 0 Å². The Hall–Kier alpha value is -2.10. The van der Waals surface area contributed by atoms with Crippen LogP contribution >= 0.6 is 0 Å². The Morgan fingerprint density at radius 3 is 2.91 bits per heavy atom. The molecule has 1 aromatic heterocycles. The Kier molecular flexibility index (Phi) is 4.01. The summed E-state index contributed by atoms with van der Waals surface area (Å²) in [6.07, 6.45) is 4.79. The van der Waals surface area contributed by atoms with Gasteiger partial charge in [-0.25, -0.2) is 4.79 Å². The van der Waals surface area contributed by atoms with E-state index in [0.29, 0.717) is 11.6 Å². The Balaban J connectivity index is 2.17. The van der Waals surface area contributed by atoms with Crippen molar-refractivity contribution in [2.45, 2.75) is 45.6 Å². The van der Waals surface area contributed by atoms with Gasteiger partial charge in [-0.1, -0.05) is 6.92 Å². The zero-order valence-electron chi connectivity index (χ0n) is 13.2. The third kappa shape index (κ3) is 2.65. The lowest BCUT2D eigenvalue weighted by Crippen LogP contribution is -2.39. The molecular weight excluding hydrogens is 276 g/mol. The number of aromatic nitrogens is 1. The first-order valence-corrected chi connectivity index (χ1v) is 8.01. The van der Waals surface area contributed by atoms with Gasteiger partial charge in [0.15, 0.2) is 0 Å². The molecule has 1 saturated heterocycles. The van der Waals surface area contributed by atoms with Crippen LogP contribution in [0.25, 0.3) is 10.9 Å². The normalized spacial score (nSPS) is 18.6. The zero-order valence-corrected chi connectivity index (χ0v) is 13.2. The summed E-state index contributed by atoms with van der Waals surface area (Å²) >= 11 is 0. The molecule has 0 amide bonds. The first kappa shape index (κ1) is 14.8. The standard InChI is InChI=1S/C18H22N2O2/c1-3-14-6-4-5-9-20(14)17-10-12(2)19-16-8-7-13(18(21)22)11-15(16)17/h7-8,10-11,14H,3-6,9H2,1-2H3,(H,21,22)/t14-/m0/s1. The summed E-state index contributed by atoms with van der Waals surface area (Å²) in [7, 11) is 0. The molecule has 22 heavy (non-hydrogen) atoms. The number of carboxylic acid groups (broad SMARTS) is 1. The number of hydrogen-bond acceptors (Lipinski definition) is 3.